The lowest BCUT2D eigenvalue weighted by atomic mass is 10.00. The van der Waals surface area contributed by atoms with Crippen molar-refractivity contribution in [2.24, 2.45) is 4.99 Å². The summed E-state index contributed by atoms with van der Waals surface area (Å²) in [6.45, 7) is 0. The SMILES string of the molecule is CSc1ccccc1NC(=O)NC1N=C(c2ccccc2F)c2ccccc2N(C)C1=O. The first-order chi connectivity index (χ1) is 15.5. The van der Waals surface area contributed by atoms with Gasteiger partial charge in [0, 0.05) is 23.1 Å². The molecule has 0 bridgehead atoms. The summed E-state index contributed by atoms with van der Waals surface area (Å²) in [5.41, 5.74) is 2.35. The molecule has 4 rings (SSSR count). The van der Waals surface area contributed by atoms with E-state index < -0.39 is 23.9 Å². The second kappa shape index (κ2) is 9.23. The first-order valence-corrected chi connectivity index (χ1v) is 11.1. The lowest BCUT2D eigenvalue weighted by molar-refractivity contribution is -0.119. The zero-order valence-corrected chi connectivity index (χ0v) is 18.3. The predicted octanol–water partition coefficient (Wildman–Crippen LogP) is 4.51. The Balaban J connectivity index is 1.72. The largest absolute Gasteiger partial charge is 0.321 e. The van der Waals surface area contributed by atoms with Crippen molar-refractivity contribution in [2.45, 2.75) is 11.1 Å². The third-order valence-corrected chi connectivity index (χ3v) is 5.89. The number of nitrogens with zero attached hydrogens (tertiary/aromatic N) is 2. The first kappa shape index (κ1) is 21.6. The fourth-order valence-corrected chi connectivity index (χ4v) is 4.07. The summed E-state index contributed by atoms with van der Waals surface area (Å²) in [7, 11) is 1.61. The standard InChI is InChI=1S/C24H21FN4O2S/c1-29-19-13-7-4-10-16(19)21(15-9-3-5-11-17(15)25)27-22(23(29)30)28-24(31)26-18-12-6-8-14-20(18)32-2/h3-14,22H,1-2H3,(H2,26,28,31). The molecule has 32 heavy (non-hydrogen) atoms. The van der Waals surface area contributed by atoms with Crippen molar-refractivity contribution in [2.75, 3.05) is 23.5 Å². The van der Waals surface area contributed by atoms with Gasteiger partial charge in [0.25, 0.3) is 5.91 Å². The van der Waals surface area contributed by atoms with Crippen LogP contribution in [0.3, 0.4) is 0 Å². The number of hydrogen-bond acceptors (Lipinski definition) is 4. The predicted molar refractivity (Wildman–Crippen MR) is 126 cm³/mol. The van der Waals surface area contributed by atoms with Gasteiger partial charge in [-0.2, -0.15) is 0 Å². The summed E-state index contributed by atoms with van der Waals surface area (Å²) in [4.78, 5) is 32.7. The minimum atomic E-state index is -1.23. The minimum absolute atomic E-state index is 0.253. The molecule has 2 N–H and O–H groups in total. The molecule has 3 amide bonds. The Morgan fingerprint density at radius 2 is 1.66 bits per heavy atom. The molecular weight excluding hydrogens is 427 g/mol. The van der Waals surface area contributed by atoms with Gasteiger partial charge in [-0.1, -0.05) is 42.5 Å². The van der Waals surface area contributed by atoms with Crippen LogP contribution < -0.4 is 15.5 Å². The van der Waals surface area contributed by atoms with E-state index in [1.165, 1.54) is 22.7 Å². The molecule has 0 aromatic heterocycles. The Labute approximate surface area is 189 Å². The number of carbonyl (C=O) groups is 2. The van der Waals surface area contributed by atoms with Crippen molar-refractivity contribution in [3.63, 3.8) is 0 Å². The van der Waals surface area contributed by atoms with E-state index in [-0.39, 0.29) is 5.56 Å². The Hall–Kier alpha value is -3.65. The third kappa shape index (κ3) is 4.22. The average Bonchev–Trinajstić information content (AvgIpc) is 2.90. The Kier molecular flexibility index (Phi) is 6.23. The molecule has 0 aliphatic carbocycles. The molecule has 6 nitrogen and oxygen atoms in total. The fourth-order valence-electron chi connectivity index (χ4n) is 3.51. The van der Waals surface area contributed by atoms with Crippen molar-refractivity contribution < 1.29 is 14.0 Å². The number of para-hydroxylation sites is 2. The number of benzene rings is 3. The summed E-state index contributed by atoms with van der Waals surface area (Å²) in [6, 6.07) is 20.1. The summed E-state index contributed by atoms with van der Waals surface area (Å²) >= 11 is 1.49. The van der Waals surface area contributed by atoms with E-state index in [4.69, 9.17) is 0 Å². The summed E-state index contributed by atoms with van der Waals surface area (Å²) in [5, 5.41) is 5.40. The highest BCUT2D eigenvalue weighted by atomic mass is 32.2. The monoisotopic (exact) mass is 448 g/mol. The zero-order chi connectivity index (χ0) is 22.7. The molecule has 1 aliphatic heterocycles. The van der Waals surface area contributed by atoms with Gasteiger partial charge in [-0.05, 0) is 36.6 Å². The Morgan fingerprint density at radius 3 is 2.41 bits per heavy atom. The van der Waals surface area contributed by atoms with Crippen LogP contribution in [0.5, 0.6) is 0 Å². The van der Waals surface area contributed by atoms with Crippen LogP contribution in [0, 0.1) is 5.82 Å². The molecule has 162 valence electrons. The maximum Gasteiger partial charge on any atom is 0.321 e. The number of nitrogens with one attached hydrogen (secondary N) is 2. The number of benzodiazepines with no additional fused rings is 1. The average molecular weight is 449 g/mol. The first-order valence-electron chi connectivity index (χ1n) is 9.90. The lowest BCUT2D eigenvalue weighted by Gasteiger charge is -2.21. The van der Waals surface area contributed by atoms with E-state index in [1.54, 1.807) is 55.6 Å². The van der Waals surface area contributed by atoms with Gasteiger partial charge in [0.2, 0.25) is 6.17 Å². The van der Waals surface area contributed by atoms with Crippen LogP contribution in [0.25, 0.3) is 0 Å². The van der Waals surface area contributed by atoms with Crippen molar-refractivity contribution in [3.05, 3.63) is 89.7 Å². The van der Waals surface area contributed by atoms with E-state index >= 15 is 0 Å². The minimum Gasteiger partial charge on any atom is -0.311 e. The summed E-state index contributed by atoms with van der Waals surface area (Å²) in [6.07, 6.45) is 0.674. The topological polar surface area (TPSA) is 73.8 Å². The van der Waals surface area contributed by atoms with Crippen molar-refractivity contribution in [3.8, 4) is 0 Å². The number of amides is 3. The molecule has 3 aromatic rings. The van der Waals surface area contributed by atoms with Gasteiger partial charge >= 0.3 is 6.03 Å². The molecule has 1 atom stereocenters. The number of urea groups is 1. The van der Waals surface area contributed by atoms with Crippen LogP contribution in [0.4, 0.5) is 20.6 Å². The van der Waals surface area contributed by atoms with E-state index in [1.807, 2.05) is 24.5 Å². The maximum atomic E-state index is 14.7. The van der Waals surface area contributed by atoms with Crippen LogP contribution in [0.15, 0.2) is 82.7 Å². The highest BCUT2D eigenvalue weighted by Gasteiger charge is 2.31. The van der Waals surface area contributed by atoms with Crippen LogP contribution in [0.1, 0.15) is 11.1 Å². The number of hydrogen-bond donors (Lipinski definition) is 2. The van der Waals surface area contributed by atoms with Crippen LogP contribution in [-0.2, 0) is 4.79 Å². The molecule has 0 fully saturated rings. The second-order valence-electron chi connectivity index (χ2n) is 7.07. The summed E-state index contributed by atoms with van der Waals surface area (Å²) < 4.78 is 14.7. The highest BCUT2D eigenvalue weighted by Crippen LogP contribution is 2.28. The molecule has 0 spiro atoms. The van der Waals surface area contributed by atoms with E-state index in [0.29, 0.717) is 22.6 Å². The number of aliphatic imine (C=N–C) groups is 1. The van der Waals surface area contributed by atoms with Gasteiger partial charge in [-0.25, -0.2) is 14.2 Å². The third-order valence-electron chi connectivity index (χ3n) is 5.10. The van der Waals surface area contributed by atoms with Gasteiger partial charge in [-0.3, -0.25) is 4.79 Å². The molecule has 3 aromatic carbocycles. The van der Waals surface area contributed by atoms with Crippen molar-refractivity contribution in [1.29, 1.82) is 0 Å². The lowest BCUT2D eigenvalue weighted by Crippen LogP contribution is -2.47. The molecule has 0 radical (unpaired) electrons. The van der Waals surface area contributed by atoms with Gasteiger partial charge in [0.1, 0.15) is 5.82 Å². The quantitative estimate of drug-likeness (QED) is 0.577. The van der Waals surface area contributed by atoms with Crippen molar-refractivity contribution in [1.82, 2.24) is 5.32 Å². The van der Waals surface area contributed by atoms with Gasteiger partial charge < -0.3 is 15.5 Å². The number of halogens is 1. The molecule has 1 aliphatic rings. The Morgan fingerprint density at radius 1 is 1.00 bits per heavy atom. The maximum absolute atomic E-state index is 14.7. The van der Waals surface area contributed by atoms with E-state index in [0.717, 1.165) is 4.90 Å². The molecule has 8 heteroatoms. The zero-order valence-electron chi connectivity index (χ0n) is 17.5. The molecule has 0 saturated heterocycles. The smallest absolute Gasteiger partial charge is 0.311 e. The molecule has 1 unspecified atom stereocenters. The normalized spacial score (nSPS) is 15.5. The second-order valence-corrected chi connectivity index (χ2v) is 7.92. The number of anilines is 2. The van der Waals surface area contributed by atoms with Crippen LogP contribution >= 0.6 is 11.8 Å². The number of rotatable bonds is 4. The Bertz CT molecular complexity index is 1210. The van der Waals surface area contributed by atoms with Crippen molar-refractivity contribution >= 4 is 40.8 Å². The van der Waals surface area contributed by atoms with Crippen LogP contribution in [-0.4, -0.2) is 37.1 Å². The highest BCUT2D eigenvalue weighted by molar-refractivity contribution is 7.98. The molecule has 0 saturated carbocycles. The number of likely N-dealkylation sites (N-methyl/N-ethyl adjacent to an activating group) is 1. The van der Waals surface area contributed by atoms with Gasteiger partial charge in [0.15, 0.2) is 0 Å². The van der Waals surface area contributed by atoms with Gasteiger partial charge in [-0.15, -0.1) is 11.8 Å². The number of thioether (sulfide) groups is 1. The van der Waals surface area contributed by atoms with E-state index in [9.17, 15) is 14.0 Å². The van der Waals surface area contributed by atoms with E-state index in [2.05, 4.69) is 15.6 Å². The fraction of sp³-hybridized carbons (Fsp3) is 0.125. The van der Waals surface area contributed by atoms with Gasteiger partial charge in [0.05, 0.1) is 17.1 Å². The molecular formula is C24H21FN4O2S. The summed E-state index contributed by atoms with van der Waals surface area (Å²) in [5.74, 6) is -0.896. The van der Waals surface area contributed by atoms with Crippen LogP contribution in [0.2, 0.25) is 0 Å². The molecule has 1 heterocycles. The number of fused-ring (bicyclic) bond motifs is 1. The number of carbonyl (C=O) groups excluding carboxylic acids is 2.